The fourth-order valence-corrected chi connectivity index (χ4v) is 2.31. The zero-order valence-corrected chi connectivity index (χ0v) is 9.05. The molecule has 0 saturated carbocycles. The molecule has 0 bridgehead atoms. The van der Waals surface area contributed by atoms with Gasteiger partial charge in [-0.2, -0.15) is 0 Å². The van der Waals surface area contributed by atoms with E-state index >= 15 is 0 Å². The summed E-state index contributed by atoms with van der Waals surface area (Å²) in [5.41, 5.74) is 1.51. The van der Waals surface area contributed by atoms with Crippen molar-refractivity contribution < 1.29 is 19.8 Å². The number of rotatable bonds is 2. The molecule has 2 rings (SSSR count). The molecular formula is C9H10N2O4S. The first-order chi connectivity index (χ1) is 7.59. The van der Waals surface area contributed by atoms with Gasteiger partial charge in [0.1, 0.15) is 10.9 Å². The van der Waals surface area contributed by atoms with Crippen molar-refractivity contribution in [3.05, 3.63) is 16.6 Å². The number of carboxylic acids is 1. The number of hydrogen-bond acceptors (Lipinski definition) is 5. The van der Waals surface area contributed by atoms with E-state index < -0.39 is 18.1 Å². The van der Waals surface area contributed by atoms with Gasteiger partial charge in [0.05, 0.1) is 17.8 Å². The lowest BCUT2D eigenvalue weighted by Crippen LogP contribution is -2.40. The fraction of sp³-hybridized carbons (Fsp3) is 0.444. The Balaban J connectivity index is 2.20. The Morgan fingerprint density at radius 1 is 1.56 bits per heavy atom. The average molecular weight is 242 g/mol. The van der Waals surface area contributed by atoms with Crippen molar-refractivity contribution in [2.75, 3.05) is 6.54 Å². The van der Waals surface area contributed by atoms with Crippen molar-refractivity contribution in [2.24, 2.45) is 0 Å². The highest BCUT2D eigenvalue weighted by Gasteiger charge is 2.39. The molecule has 16 heavy (non-hydrogen) atoms. The Labute approximate surface area is 95.1 Å². The lowest BCUT2D eigenvalue weighted by atomic mass is 10.2. The van der Waals surface area contributed by atoms with E-state index in [9.17, 15) is 14.7 Å². The molecule has 0 spiro atoms. The largest absolute Gasteiger partial charge is 0.480 e. The van der Waals surface area contributed by atoms with Crippen LogP contribution >= 0.6 is 11.3 Å². The van der Waals surface area contributed by atoms with Gasteiger partial charge in [0.15, 0.2) is 0 Å². The second-order valence-corrected chi connectivity index (χ2v) is 4.45. The molecule has 1 amide bonds. The highest BCUT2D eigenvalue weighted by atomic mass is 32.1. The summed E-state index contributed by atoms with van der Waals surface area (Å²) in [5, 5.41) is 18.3. The number of likely N-dealkylation sites (tertiary alicyclic amines) is 1. The zero-order valence-electron chi connectivity index (χ0n) is 8.24. The third-order valence-corrected chi connectivity index (χ3v) is 3.23. The SMILES string of the molecule is O=C(O)C1CC(O)CN1C(=O)c1cncs1. The first-order valence-electron chi connectivity index (χ1n) is 4.70. The summed E-state index contributed by atoms with van der Waals surface area (Å²) >= 11 is 1.16. The number of carboxylic acid groups (broad SMARTS) is 1. The maximum absolute atomic E-state index is 11.9. The minimum Gasteiger partial charge on any atom is -0.480 e. The topological polar surface area (TPSA) is 90.7 Å². The van der Waals surface area contributed by atoms with E-state index in [-0.39, 0.29) is 18.9 Å². The van der Waals surface area contributed by atoms with E-state index in [2.05, 4.69) is 4.98 Å². The number of β-amino-alcohol motifs (C(OH)–C–C–N with tert-alkyl or cyclic N) is 1. The summed E-state index contributed by atoms with van der Waals surface area (Å²) in [4.78, 5) is 28.1. The smallest absolute Gasteiger partial charge is 0.326 e. The normalized spacial score (nSPS) is 24.7. The van der Waals surface area contributed by atoms with Gasteiger partial charge in [-0.3, -0.25) is 9.78 Å². The van der Waals surface area contributed by atoms with E-state index in [0.717, 1.165) is 11.3 Å². The highest BCUT2D eigenvalue weighted by Crippen LogP contribution is 2.22. The van der Waals surface area contributed by atoms with E-state index in [4.69, 9.17) is 5.11 Å². The molecule has 1 aromatic heterocycles. The standard InChI is InChI=1S/C9H10N2O4S/c12-5-1-6(9(14)15)11(3-5)8(13)7-2-10-4-16-7/h2,4-6,12H,1,3H2,(H,14,15). The summed E-state index contributed by atoms with van der Waals surface area (Å²) in [6.07, 6.45) is 0.717. The van der Waals surface area contributed by atoms with E-state index in [0.29, 0.717) is 4.88 Å². The van der Waals surface area contributed by atoms with Crippen molar-refractivity contribution in [1.29, 1.82) is 0 Å². The maximum atomic E-state index is 11.9. The third-order valence-electron chi connectivity index (χ3n) is 2.47. The Morgan fingerprint density at radius 3 is 2.88 bits per heavy atom. The molecule has 7 heteroatoms. The predicted molar refractivity (Wildman–Crippen MR) is 55.2 cm³/mol. The van der Waals surface area contributed by atoms with Crippen molar-refractivity contribution in [1.82, 2.24) is 9.88 Å². The monoisotopic (exact) mass is 242 g/mol. The molecule has 2 N–H and O–H groups in total. The molecular weight excluding hydrogens is 232 g/mol. The van der Waals surface area contributed by atoms with Gasteiger partial charge in [-0.05, 0) is 0 Å². The number of hydrogen-bond donors (Lipinski definition) is 2. The van der Waals surface area contributed by atoms with Gasteiger partial charge in [0, 0.05) is 13.0 Å². The Bertz CT molecular complexity index is 406. The average Bonchev–Trinajstić information content (AvgIpc) is 2.84. The van der Waals surface area contributed by atoms with Crippen LogP contribution in [0.15, 0.2) is 11.7 Å². The molecule has 1 aliphatic heterocycles. The molecule has 0 aliphatic carbocycles. The van der Waals surface area contributed by atoms with Crippen LogP contribution in [0.2, 0.25) is 0 Å². The van der Waals surface area contributed by atoms with Crippen molar-refractivity contribution >= 4 is 23.2 Å². The molecule has 6 nitrogen and oxygen atoms in total. The van der Waals surface area contributed by atoms with Gasteiger partial charge in [-0.1, -0.05) is 0 Å². The maximum Gasteiger partial charge on any atom is 0.326 e. The van der Waals surface area contributed by atoms with Crippen LogP contribution in [0.3, 0.4) is 0 Å². The van der Waals surface area contributed by atoms with Crippen LogP contribution in [-0.4, -0.2) is 50.7 Å². The van der Waals surface area contributed by atoms with Gasteiger partial charge >= 0.3 is 5.97 Å². The number of aromatic nitrogens is 1. The number of nitrogens with zero attached hydrogens (tertiary/aromatic N) is 2. The molecule has 2 unspecified atom stereocenters. The van der Waals surface area contributed by atoms with Gasteiger partial charge < -0.3 is 15.1 Å². The molecule has 86 valence electrons. The molecule has 1 aliphatic rings. The molecule has 1 fully saturated rings. The molecule has 2 atom stereocenters. The number of carbonyl (C=O) groups excluding carboxylic acids is 1. The number of amides is 1. The number of aliphatic carboxylic acids is 1. The first kappa shape index (κ1) is 11.0. The lowest BCUT2D eigenvalue weighted by Gasteiger charge is -2.19. The van der Waals surface area contributed by atoms with E-state index in [1.165, 1.54) is 16.6 Å². The Hall–Kier alpha value is -1.47. The molecule has 1 saturated heterocycles. The summed E-state index contributed by atoms with van der Waals surface area (Å²) in [7, 11) is 0. The quantitative estimate of drug-likeness (QED) is 0.749. The van der Waals surface area contributed by atoms with Crippen molar-refractivity contribution in [3.8, 4) is 0 Å². The summed E-state index contributed by atoms with van der Waals surface area (Å²) in [6.45, 7) is 0.0632. The van der Waals surface area contributed by atoms with E-state index in [1.807, 2.05) is 0 Å². The van der Waals surface area contributed by atoms with E-state index in [1.54, 1.807) is 0 Å². The van der Waals surface area contributed by atoms with Gasteiger partial charge in [-0.15, -0.1) is 11.3 Å². The first-order valence-corrected chi connectivity index (χ1v) is 5.58. The molecule has 0 radical (unpaired) electrons. The van der Waals surface area contributed by atoms with Crippen LogP contribution in [0.4, 0.5) is 0 Å². The highest BCUT2D eigenvalue weighted by molar-refractivity contribution is 7.11. The van der Waals surface area contributed by atoms with Crippen LogP contribution < -0.4 is 0 Å². The van der Waals surface area contributed by atoms with Crippen LogP contribution in [0.1, 0.15) is 16.1 Å². The molecule has 0 aromatic carbocycles. The number of thiazole rings is 1. The number of aliphatic hydroxyl groups is 1. The lowest BCUT2D eigenvalue weighted by molar-refractivity contribution is -0.141. The predicted octanol–water partition coefficient (Wildman–Crippen LogP) is -0.197. The fourth-order valence-electron chi connectivity index (χ4n) is 1.74. The summed E-state index contributed by atoms with van der Waals surface area (Å²) in [5.74, 6) is -1.47. The minimum atomic E-state index is -1.09. The number of carbonyl (C=O) groups is 2. The molecule has 1 aromatic rings. The van der Waals surface area contributed by atoms with Crippen LogP contribution in [-0.2, 0) is 4.79 Å². The summed E-state index contributed by atoms with van der Waals surface area (Å²) < 4.78 is 0. The minimum absolute atomic E-state index is 0.0632. The number of aliphatic hydroxyl groups excluding tert-OH is 1. The second kappa shape index (κ2) is 4.18. The molecule has 2 heterocycles. The van der Waals surface area contributed by atoms with Crippen LogP contribution in [0.25, 0.3) is 0 Å². The van der Waals surface area contributed by atoms with Gasteiger partial charge in [0.25, 0.3) is 5.91 Å². The second-order valence-electron chi connectivity index (χ2n) is 3.57. The Kier molecular flexibility index (Phi) is 2.88. The van der Waals surface area contributed by atoms with Crippen LogP contribution in [0, 0.1) is 0 Å². The van der Waals surface area contributed by atoms with Gasteiger partial charge in [-0.25, -0.2) is 4.79 Å². The van der Waals surface area contributed by atoms with Crippen molar-refractivity contribution in [2.45, 2.75) is 18.6 Å². The zero-order chi connectivity index (χ0) is 11.7. The summed E-state index contributed by atoms with van der Waals surface area (Å²) in [6, 6.07) is -0.940. The van der Waals surface area contributed by atoms with Crippen molar-refractivity contribution in [3.63, 3.8) is 0 Å². The third kappa shape index (κ3) is 1.91. The Morgan fingerprint density at radius 2 is 2.31 bits per heavy atom. The van der Waals surface area contributed by atoms with Crippen LogP contribution in [0.5, 0.6) is 0 Å². The van der Waals surface area contributed by atoms with Gasteiger partial charge in [0.2, 0.25) is 0 Å².